The van der Waals surface area contributed by atoms with Crippen molar-refractivity contribution in [2.75, 3.05) is 19.6 Å². The molecule has 128 valence electrons. The molecule has 1 saturated heterocycles. The fourth-order valence-corrected chi connectivity index (χ4v) is 4.25. The van der Waals surface area contributed by atoms with Gasteiger partial charge in [0.2, 0.25) is 5.91 Å². The van der Waals surface area contributed by atoms with Crippen LogP contribution in [0.2, 0.25) is 0 Å². The first-order valence-corrected chi connectivity index (χ1v) is 10.1. The second-order valence-corrected chi connectivity index (χ2v) is 7.49. The lowest BCUT2D eigenvalue weighted by Crippen LogP contribution is -2.34. The van der Waals surface area contributed by atoms with Crippen molar-refractivity contribution in [3.8, 4) is 10.6 Å². The third-order valence-electron chi connectivity index (χ3n) is 4.07. The zero-order chi connectivity index (χ0) is 16.8. The van der Waals surface area contributed by atoms with Crippen molar-refractivity contribution in [3.63, 3.8) is 0 Å². The molecule has 0 radical (unpaired) electrons. The third-order valence-corrected chi connectivity index (χ3v) is 5.64. The second kappa shape index (κ2) is 8.39. The van der Waals surface area contributed by atoms with E-state index >= 15 is 0 Å². The fraction of sp³-hybridized carbons (Fsp3) is 0.471. The Kier molecular flexibility index (Phi) is 5.98. The van der Waals surface area contributed by atoms with Crippen LogP contribution in [0.3, 0.4) is 0 Å². The fourth-order valence-electron chi connectivity index (χ4n) is 2.73. The predicted octanol–water partition coefficient (Wildman–Crippen LogP) is 3.39. The minimum atomic E-state index is -0.144. The first kappa shape index (κ1) is 17.1. The van der Waals surface area contributed by atoms with Gasteiger partial charge in [0.25, 0.3) is 5.91 Å². The van der Waals surface area contributed by atoms with Gasteiger partial charge in [0, 0.05) is 42.4 Å². The summed E-state index contributed by atoms with van der Waals surface area (Å²) in [4.78, 5) is 30.4. The molecule has 2 amide bonds. The van der Waals surface area contributed by atoms with E-state index in [9.17, 15) is 9.59 Å². The van der Waals surface area contributed by atoms with Crippen LogP contribution in [-0.2, 0) is 4.79 Å². The number of nitrogens with one attached hydrogen (secondary N) is 1. The Hall–Kier alpha value is -1.73. The number of rotatable bonds is 6. The number of thiazole rings is 1. The van der Waals surface area contributed by atoms with E-state index in [0.717, 1.165) is 49.3 Å². The van der Waals surface area contributed by atoms with Gasteiger partial charge in [-0.3, -0.25) is 9.59 Å². The minimum Gasteiger partial charge on any atom is -0.351 e. The van der Waals surface area contributed by atoms with E-state index in [-0.39, 0.29) is 11.8 Å². The topological polar surface area (TPSA) is 62.3 Å². The maximum absolute atomic E-state index is 12.2. The van der Waals surface area contributed by atoms with Gasteiger partial charge >= 0.3 is 0 Å². The number of aromatic nitrogens is 1. The molecular formula is C17H21N3O2S2. The first-order chi connectivity index (χ1) is 11.7. The van der Waals surface area contributed by atoms with Gasteiger partial charge in [0.15, 0.2) is 0 Å². The van der Waals surface area contributed by atoms with Crippen LogP contribution in [0.5, 0.6) is 0 Å². The van der Waals surface area contributed by atoms with Gasteiger partial charge in [-0.15, -0.1) is 11.3 Å². The summed E-state index contributed by atoms with van der Waals surface area (Å²) in [5, 5.41) is 9.59. The van der Waals surface area contributed by atoms with E-state index in [1.807, 2.05) is 21.7 Å². The lowest BCUT2D eigenvalue weighted by atomic mass is 10.2. The molecule has 0 spiro atoms. The summed E-state index contributed by atoms with van der Waals surface area (Å²) in [5.74, 6) is 0.105. The van der Waals surface area contributed by atoms with Crippen LogP contribution in [0.4, 0.5) is 0 Å². The second-order valence-electron chi connectivity index (χ2n) is 5.85. The minimum absolute atomic E-state index is 0.144. The van der Waals surface area contributed by atoms with Crippen molar-refractivity contribution in [1.29, 1.82) is 0 Å². The molecule has 1 fully saturated rings. The average Bonchev–Trinajstić information content (AvgIpc) is 3.23. The molecule has 7 heteroatoms. The van der Waals surface area contributed by atoms with Gasteiger partial charge < -0.3 is 10.2 Å². The summed E-state index contributed by atoms with van der Waals surface area (Å²) < 4.78 is 0. The molecule has 1 N–H and O–H groups in total. The Bertz CT molecular complexity index is 682. The Morgan fingerprint density at radius 2 is 2.21 bits per heavy atom. The zero-order valence-corrected chi connectivity index (χ0v) is 15.1. The summed E-state index contributed by atoms with van der Waals surface area (Å²) in [5.41, 5.74) is 1.52. The molecule has 0 saturated carbocycles. The van der Waals surface area contributed by atoms with Gasteiger partial charge in [0.05, 0.1) is 0 Å². The van der Waals surface area contributed by atoms with Crippen molar-refractivity contribution in [3.05, 3.63) is 27.9 Å². The number of hydrogen-bond donors (Lipinski definition) is 1. The van der Waals surface area contributed by atoms with E-state index in [0.29, 0.717) is 18.7 Å². The number of thiophene rings is 1. The Morgan fingerprint density at radius 1 is 1.29 bits per heavy atom. The summed E-state index contributed by atoms with van der Waals surface area (Å²) in [6.07, 6.45) is 4.66. The Labute approximate surface area is 149 Å². The molecule has 0 aromatic carbocycles. The molecule has 24 heavy (non-hydrogen) atoms. The molecule has 3 rings (SSSR count). The average molecular weight is 364 g/mol. The number of carbonyl (C=O) groups excluding carboxylic acids is 2. The molecule has 2 aromatic heterocycles. The van der Waals surface area contributed by atoms with Gasteiger partial charge in [-0.1, -0.05) is 6.42 Å². The number of hydrogen-bond acceptors (Lipinski definition) is 5. The Balaban J connectivity index is 1.43. The number of carbonyl (C=O) groups is 2. The van der Waals surface area contributed by atoms with Crippen molar-refractivity contribution in [1.82, 2.24) is 15.2 Å². The number of nitrogens with zero attached hydrogens (tertiary/aromatic N) is 2. The highest BCUT2D eigenvalue weighted by molar-refractivity contribution is 7.14. The maximum atomic E-state index is 12.2. The van der Waals surface area contributed by atoms with Crippen LogP contribution in [-0.4, -0.2) is 41.3 Å². The highest BCUT2D eigenvalue weighted by Crippen LogP contribution is 2.25. The summed E-state index contributed by atoms with van der Waals surface area (Å²) in [6.45, 7) is 2.13. The number of amides is 2. The standard InChI is InChI=1S/C17H21N3O2S2/c21-15-5-2-1-3-8-20(15)9-4-7-18-16(22)14-12-24-17(19-14)13-6-10-23-11-13/h6,10-12H,1-5,7-9H2,(H,18,22). The van der Waals surface area contributed by atoms with E-state index in [4.69, 9.17) is 0 Å². The Morgan fingerprint density at radius 3 is 3.04 bits per heavy atom. The highest BCUT2D eigenvalue weighted by Gasteiger charge is 2.16. The lowest BCUT2D eigenvalue weighted by Gasteiger charge is -2.20. The van der Waals surface area contributed by atoms with Crippen molar-refractivity contribution >= 4 is 34.5 Å². The molecular weight excluding hydrogens is 342 g/mol. The van der Waals surface area contributed by atoms with E-state index in [1.165, 1.54) is 11.3 Å². The molecule has 1 aliphatic rings. The summed E-state index contributed by atoms with van der Waals surface area (Å²) in [7, 11) is 0. The van der Waals surface area contributed by atoms with Crippen molar-refractivity contribution < 1.29 is 9.59 Å². The SMILES string of the molecule is O=C(NCCCN1CCCCCC1=O)c1csc(-c2ccsc2)n1. The quantitative estimate of drug-likeness (QED) is 0.800. The van der Waals surface area contributed by atoms with Gasteiger partial charge in [-0.25, -0.2) is 4.98 Å². The maximum Gasteiger partial charge on any atom is 0.270 e. The summed E-state index contributed by atoms with van der Waals surface area (Å²) >= 11 is 3.10. The van der Waals surface area contributed by atoms with Crippen LogP contribution in [0.25, 0.3) is 10.6 Å². The molecule has 1 aliphatic heterocycles. The molecule has 0 bridgehead atoms. The van der Waals surface area contributed by atoms with Crippen LogP contribution in [0, 0.1) is 0 Å². The van der Waals surface area contributed by atoms with Gasteiger partial charge in [0.1, 0.15) is 10.7 Å². The lowest BCUT2D eigenvalue weighted by molar-refractivity contribution is -0.130. The van der Waals surface area contributed by atoms with Gasteiger partial charge in [-0.05, 0) is 30.7 Å². The van der Waals surface area contributed by atoms with E-state index in [2.05, 4.69) is 10.3 Å². The third kappa shape index (κ3) is 4.42. The van der Waals surface area contributed by atoms with Crippen LogP contribution >= 0.6 is 22.7 Å². The first-order valence-electron chi connectivity index (χ1n) is 8.28. The largest absolute Gasteiger partial charge is 0.351 e. The normalized spacial score (nSPS) is 15.3. The van der Waals surface area contributed by atoms with Crippen LogP contribution in [0.15, 0.2) is 22.2 Å². The molecule has 0 atom stereocenters. The number of likely N-dealkylation sites (tertiary alicyclic amines) is 1. The molecule has 2 aromatic rings. The molecule has 0 aliphatic carbocycles. The van der Waals surface area contributed by atoms with Crippen molar-refractivity contribution in [2.45, 2.75) is 32.1 Å². The van der Waals surface area contributed by atoms with Crippen molar-refractivity contribution in [2.24, 2.45) is 0 Å². The zero-order valence-electron chi connectivity index (χ0n) is 13.5. The van der Waals surface area contributed by atoms with E-state index < -0.39 is 0 Å². The highest BCUT2D eigenvalue weighted by atomic mass is 32.1. The van der Waals surface area contributed by atoms with Gasteiger partial charge in [-0.2, -0.15) is 11.3 Å². The smallest absolute Gasteiger partial charge is 0.270 e. The predicted molar refractivity (Wildman–Crippen MR) is 97.4 cm³/mol. The monoisotopic (exact) mass is 363 g/mol. The van der Waals surface area contributed by atoms with Crippen LogP contribution < -0.4 is 5.32 Å². The summed E-state index contributed by atoms with van der Waals surface area (Å²) in [6, 6.07) is 2.00. The molecule has 3 heterocycles. The van der Waals surface area contributed by atoms with Crippen LogP contribution in [0.1, 0.15) is 42.6 Å². The molecule has 5 nitrogen and oxygen atoms in total. The molecule has 0 unspecified atom stereocenters. The van der Waals surface area contributed by atoms with E-state index in [1.54, 1.807) is 16.7 Å².